The van der Waals surface area contributed by atoms with Gasteiger partial charge in [0.15, 0.2) is 0 Å². The van der Waals surface area contributed by atoms with Gasteiger partial charge < -0.3 is 10.6 Å². The van der Waals surface area contributed by atoms with Crippen LogP contribution in [0, 0.1) is 13.8 Å². The van der Waals surface area contributed by atoms with E-state index in [4.69, 9.17) is 0 Å². The molecule has 126 valence electrons. The summed E-state index contributed by atoms with van der Waals surface area (Å²) in [4.78, 5) is 16.6. The van der Waals surface area contributed by atoms with E-state index in [1.165, 1.54) is 11.1 Å². The highest BCUT2D eigenvalue weighted by molar-refractivity contribution is 6.04. The van der Waals surface area contributed by atoms with Crippen molar-refractivity contribution in [2.24, 2.45) is 0 Å². The van der Waals surface area contributed by atoms with Gasteiger partial charge in [0.05, 0.1) is 11.9 Å². The molecule has 0 unspecified atom stereocenters. The van der Waals surface area contributed by atoms with Gasteiger partial charge in [0, 0.05) is 12.1 Å². The molecule has 0 fully saturated rings. The second kappa shape index (κ2) is 7.62. The van der Waals surface area contributed by atoms with Crippen LogP contribution < -0.4 is 10.6 Å². The lowest BCUT2D eigenvalue weighted by Crippen LogP contribution is -2.12. The highest BCUT2D eigenvalue weighted by Gasteiger charge is 2.06. The monoisotopic (exact) mass is 331 g/mol. The van der Waals surface area contributed by atoms with Crippen molar-refractivity contribution >= 4 is 17.4 Å². The Morgan fingerprint density at radius 3 is 2.40 bits per heavy atom. The lowest BCUT2D eigenvalue weighted by molar-refractivity contribution is 0.102. The van der Waals surface area contributed by atoms with Crippen LogP contribution in [0.5, 0.6) is 0 Å². The molecule has 0 aliphatic carbocycles. The molecule has 2 N–H and O–H groups in total. The number of benzene rings is 2. The van der Waals surface area contributed by atoms with Gasteiger partial charge >= 0.3 is 0 Å². The van der Waals surface area contributed by atoms with Gasteiger partial charge in [0.1, 0.15) is 5.82 Å². The number of pyridine rings is 1. The van der Waals surface area contributed by atoms with E-state index in [1.807, 2.05) is 55.5 Å². The quantitative estimate of drug-likeness (QED) is 0.720. The van der Waals surface area contributed by atoms with E-state index in [-0.39, 0.29) is 5.91 Å². The molecule has 4 heteroatoms. The summed E-state index contributed by atoms with van der Waals surface area (Å²) in [5, 5.41) is 6.15. The number of hydrogen-bond donors (Lipinski definition) is 2. The third-order valence-corrected chi connectivity index (χ3v) is 4.06. The van der Waals surface area contributed by atoms with E-state index in [1.54, 1.807) is 6.20 Å². The minimum absolute atomic E-state index is 0.137. The number of aryl methyl sites for hydroxylation is 2. The maximum absolute atomic E-state index is 12.2. The maximum Gasteiger partial charge on any atom is 0.255 e. The molecule has 2 aromatic carbocycles. The molecular formula is C21H21N3O. The number of rotatable bonds is 5. The Balaban J connectivity index is 1.59. The Hall–Kier alpha value is -3.14. The Morgan fingerprint density at radius 2 is 1.72 bits per heavy atom. The lowest BCUT2D eigenvalue weighted by Gasteiger charge is -2.09. The minimum Gasteiger partial charge on any atom is -0.366 e. The highest BCUT2D eigenvalue weighted by Crippen LogP contribution is 2.14. The zero-order chi connectivity index (χ0) is 17.6. The van der Waals surface area contributed by atoms with Crippen LogP contribution in [0.15, 0.2) is 66.9 Å². The second-order valence-corrected chi connectivity index (χ2v) is 6.03. The molecule has 0 bridgehead atoms. The Kier molecular flexibility index (Phi) is 5.09. The predicted molar refractivity (Wildman–Crippen MR) is 102 cm³/mol. The Morgan fingerprint density at radius 1 is 0.960 bits per heavy atom. The van der Waals surface area contributed by atoms with Gasteiger partial charge in [-0.25, -0.2) is 4.98 Å². The van der Waals surface area contributed by atoms with Gasteiger partial charge in [0.2, 0.25) is 0 Å². The van der Waals surface area contributed by atoms with Crippen molar-refractivity contribution in [1.29, 1.82) is 0 Å². The van der Waals surface area contributed by atoms with Crippen LogP contribution in [0.2, 0.25) is 0 Å². The largest absolute Gasteiger partial charge is 0.366 e. The number of nitrogens with zero attached hydrogens (tertiary/aromatic N) is 1. The molecule has 25 heavy (non-hydrogen) atoms. The number of nitrogens with one attached hydrogen (secondary N) is 2. The van der Waals surface area contributed by atoms with Crippen LogP contribution in [-0.2, 0) is 6.54 Å². The number of hydrogen-bond acceptors (Lipinski definition) is 3. The van der Waals surface area contributed by atoms with Crippen LogP contribution in [0.3, 0.4) is 0 Å². The summed E-state index contributed by atoms with van der Waals surface area (Å²) in [6.45, 7) is 4.80. The smallest absolute Gasteiger partial charge is 0.255 e. The first-order chi connectivity index (χ1) is 12.1. The van der Waals surface area contributed by atoms with Crippen LogP contribution in [0.25, 0.3) is 0 Å². The molecule has 1 heterocycles. The predicted octanol–water partition coefficient (Wildman–Crippen LogP) is 4.56. The second-order valence-electron chi connectivity index (χ2n) is 6.03. The average molecular weight is 331 g/mol. The number of aromatic nitrogens is 1. The topological polar surface area (TPSA) is 54.0 Å². The summed E-state index contributed by atoms with van der Waals surface area (Å²) in [5.74, 6) is 0.638. The van der Waals surface area contributed by atoms with Crippen molar-refractivity contribution in [2.75, 3.05) is 10.6 Å². The van der Waals surface area contributed by atoms with Crippen molar-refractivity contribution in [2.45, 2.75) is 20.4 Å². The maximum atomic E-state index is 12.2. The van der Waals surface area contributed by atoms with E-state index in [0.29, 0.717) is 11.3 Å². The van der Waals surface area contributed by atoms with E-state index < -0.39 is 0 Å². The molecule has 0 spiro atoms. The first-order valence-electron chi connectivity index (χ1n) is 8.24. The number of amides is 1. The van der Waals surface area contributed by atoms with E-state index in [2.05, 4.69) is 34.7 Å². The summed E-state index contributed by atoms with van der Waals surface area (Å²) >= 11 is 0. The molecule has 1 aromatic heterocycles. The summed E-state index contributed by atoms with van der Waals surface area (Å²) in [5.41, 5.74) is 4.92. The minimum atomic E-state index is -0.137. The molecule has 3 aromatic rings. The first-order valence-corrected chi connectivity index (χ1v) is 8.24. The fourth-order valence-corrected chi connectivity index (χ4v) is 2.47. The van der Waals surface area contributed by atoms with Crippen LogP contribution in [0.4, 0.5) is 11.5 Å². The van der Waals surface area contributed by atoms with Crippen molar-refractivity contribution in [3.8, 4) is 0 Å². The SMILES string of the molecule is Cc1ccc(C(=O)Nc2ccc(NCc3ccccc3C)nc2)cc1. The van der Waals surface area contributed by atoms with Gasteiger partial charge in [-0.3, -0.25) is 4.79 Å². The fraction of sp³-hybridized carbons (Fsp3) is 0.143. The first kappa shape index (κ1) is 16.7. The van der Waals surface area contributed by atoms with Crippen molar-refractivity contribution in [3.05, 3.63) is 89.1 Å². The standard InChI is InChI=1S/C21H21N3O/c1-15-7-9-17(10-8-15)21(25)24-19-11-12-20(23-14-19)22-13-18-6-4-3-5-16(18)2/h3-12,14H,13H2,1-2H3,(H,22,23)(H,24,25). The van der Waals surface area contributed by atoms with Crippen molar-refractivity contribution in [1.82, 2.24) is 4.98 Å². The molecule has 0 saturated carbocycles. The zero-order valence-corrected chi connectivity index (χ0v) is 14.4. The molecule has 0 saturated heterocycles. The van der Waals surface area contributed by atoms with E-state index in [9.17, 15) is 4.79 Å². The third kappa shape index (κ3) is 4.44. The normalized spacial score (nSPS) is 10.3. The fourth-order valence-electron chi connectivity index (χ4n) is 2.47. The summed E-state index contributed by atoms with van der Waals surface area (Å²) in [6.07, 6.45) is 1.66. The molecule has 3 rings (SSSR count). The third-order valence-electron chi connectivity index (χ3n) is 4.06. The highest BCUT2D eigenvalue weighted by atomic mass is 16.1. The molecule has 0 aliphatic rings. The molecular weight excluding hydrogens is 310 g/mol. The number of carbonyl (C=O) groups excluding carboxylic acids is 1. The van der Waals surface area contributed by atoms with Crippen LogP contribution in [0.1, 0.15) is 27.0 Å². The molecule has 0 radical (unpaired) electrons. The molecule has 4 nitrogen and oxygen atoms in total. The Bertz CT molecular complexity index is 855. The lowest BCUT2D eigenvalue weighted by atomic mass is 10.1. The summed E-state index contributed by atoms with van der Waals surface area (Å²) in [7, 11) is 0. The van der Waals surface area contributed by atoms with Crippen molar-refractivity contribution < 1.29 is 4.79 Å². The van der Waals surface area contributed by atoms with Gasteiger partial charge in [0.25, 0.3) is 5.91 Å². The molecule has 1 amide bonds. The van der Waals surface area contributed by atoms with Gasteiger partial charge in [-0.15, -0.1) is 0 Å². The Labute approximate surface area is 147 Å². The molecule has 0 aliphatic heterocycles. The summed E-state index contributed by atoms with van der Waals surface area (Å²) in [6, 6.07) is 19.4. The molecule has 0 atom stereocenters. The number of carbonyl (C=O) groups is 1. The van der Waals surface area contributed by atoms with E-state index >= 15 is 0 Å². The van der Waals surface area contributed by atoms with Gasteiger partial charge in [-0.05, 0) is 49.2 Å². The summed E-state index contributed by atoms with van der Waals surface area (Å²) < 4.78 is 0. The van der Waals surface area contributed by atoms with E-state index in [0.717, 1.165) is 17.9 Å². The van der Waals surface area contributed by atoms with Crippen molar-refractivity contribution in [3.63, 3.8) is 0 Å². The average Bonchev–Trinajstić information content (AvgIpc) is 2.63. The number of anilines is 2. The van der Waals surface area contributed by atoms with Crippen LogP contribution in [-0.4, -0.2) is 10.9 Å². The zero-order valence-electron chi connectivity index (χ0n) is 14.4. The van der Waals surface area contributed by atoms with Gasteiger partial charge in [-0.1, -0.05) is 42.0 Å². The van der Waals surface area contributed by atoms with Crippen LogP contribution >= 0.6 is 0 Å². The van der Waals surface area contributed by atoms with Gasteiger partial charge in [-0.2, -0.15) is 0 Å².